The van der Waals surface area contributed by atoms with Crippen molar-refractivity contribution in [2.45, 2.75) is 91.4 Å². The van der Waals surface area contributed by atoms with Crippen molar-refractivity contribution in [2.75, 3.05) is 13.1 Å². The number of nitrogens with zero attached hydrogens (tertiary/aromatic N) is 4. The lowest BCUT2D eigenvalue weighted by molar-refractivity contribution is 0.0766. The number of amides is 1. The number of aliphatic hydroxyl groups is 2. The second-order valence-corrected chi connectivity index (χ2v) is 11.4. The van der Waals surface area contributed by atoms with E-state index in [1.165, 1.54) is 31.3 Å². The van der Waals surface area contributed by atoms with E-state index >= 15 is 0 Å². The maximum Gasteiger partial charge on any atom is 0.276 e. The maximum absolute atomic E-state index is 12.6. The van der Waals surface area contributed by atoms with Gasteiger partial charge in [-0.15, -0.1) is 5.10 Å². The Bertz CT molecular complexity index is 1020. The Kier molecular flexibility index (Phi) is 8.20. The molecule has 6 atom stereocenters. The fraction of sp³-hybridized carbons (Fsp3) is 0.690. The number of rotatable bonds is 7. The Labute approximate surface area is 216 Å². The van der Waals surface area contributed by atoms with Crippen LogP contribution in [0.15, 0.2) is 41.6 Å². The molecule has 3 aliphatic carbocycles. The molecule has 3 fully saturated rings. The lowest BCUT2D eigenvalue weighted by Gasteiger charge is -2.44. The highest BCUT2D eigenvalue weighted by atomic mass is 16.3. The zero-order valence-electron chi connectivity index (χ0n) is 22.5. The third-order valence-electron chi connectivity index (χ3n) is 9.27. The van der Waals surface area contributed by atoms with E-state index in [9.17, 15) is 15.0 Å². The molecule has 0 aromatic carbocycles. The van der Waals surface area contributed by atoms with Gasteiger partial charge in [0.05, 0.1) is 18.4 Å². The molecule has 3 aliphatic rings. The van der Waals surface area contributed by atoms with Gasteiger partial charge in [0.15, 0.2) is 5.69 Å². The van der Waals surface area contributed by atoms with E-state index in [-0.39, 0.29) is 11.3 Å². The van der Waals surface area contributed by atoms with Gasteiger partial charge in [0.1, 0.15) is 0 Å². The predicted molar refractivity (Wildman–Crippen MR) is 141 cm³/mol. The second-order valence-electron chi connectivity index (χ2n) is 11.4. The van der Waals surface area contributed by atoms with E-state index in [0.29, 0.717) is 49.4 Å². The van der Waals surface area contributed by atoms with Crippen LogP contribution in [0, 0.1) is 23.2 Å². The second kappa shape index (κ2) is 11.0. The Balaban J connectivity index is 1.46. The topological polar surface area (TPSA) is 91.5 Å². The Morgan fingerprint density at radius 1 is 1.31 bits per heavy atom. The summed E-state index contributed by atoms with van der Waals surface area (Å²) < 4.78 is 1.85. The average molecular weight is 497 g/mol. The largest absolute Gasteiger partial charge is 0.393 e. The first kappa shape index (κ1) is 26.8. The van der Waals surface area contributed by atoms with Crippen LogP contribution in [0.25, 0.3) is 0 Å². The first-order valence-electron chi connectivity index (χ1n) is 13.8. The van der Waals surface area contributed by atoms with Gasteiger partial charge in [-0.05, 0) is 86.7 Å². The minimum Gasteiger partial charge on any atom is -0.393 e. The quantitative estimate of drug-likeness (QED) is 0.578. The van der Waals surface area contributed by atoms with Gasteiger partial charge in [-0.1, -0.05) is 43.4 Å². The van der Waals surface area contributed by atoms with E-state index in [2.05, 4.69) is 42.9 Å². The van der Waals surface area contributed by atoms with Crippen LogP contribution >= 0.6 is 0 Å². The number of aromatic nitrogens is 3. The maximum atomic E-state index is 12.6. The summed E-state index contributed by atoms with van der Waals surface area (Å²) >= 11 is 0. The van der Waals surface area contributed by atoms with E-state index in [4.69, 9.17) is 0 Å². The van der Waals surface area contributed by atoms with Crippen LogP contribution in [0.5, 0.6) is 0 Å². The molecule has 4 rings (SSSR count). The van der Waals surface area contributed by atoms with Crippen molar-refractivity contribution in [3.63, 3.8) is 0 Å². The fourth-order valence-electron chi connectivity index (χ4n) is 7.26. The summed E-state index contributed by atoms with van der Waals surface area (Å²) in [7, 11) is 0. The summed E-state index contributed by atoms with van der Waals surface area (Å²) in [5, 5.41) is 28.8. The van der Waals surface area contributed by atoms with Crippen LogP contribution in [0.3, 0.4) is 0 Å². The minimum atomic E-state index is -0.647. The van der Waals surface area contributed by atoms with Gasteiger partial charge in [0.2, 0.25) is 0 Å². The summed E-state index contributed by atoms with van der Waals surface area (Å²) in [6, 6.07) is 0. The van der Waals surface area contributed by atoms with Gasteiger partial charge in [0, 0.05) is 26.1 Å². The first-order valence-corrected chi connectivity index (χ1v) is 13.8. The molecule has 0 saturated heterocycles. The van der Waals surface area contributed by atoms with Crippen molar-refractivity contribution < 1.29 is 15.0 Å². The van der Waals surface area contributed by atoms with E-state index in [1.807, 2.05) is 24.7 Å². The van der Waals surface area contributed by atoms with Crippen LogP contribution in [-0.4, -0.2) is 61.3 Å². The molecule has 0 aliphatic heterocycles. The molecular formula is C29H44N4O3. The predicted octanol–water partition coefficient (Wildman–Crippen LogP) is 4.54. The molecule has 7 nitrogen and oxygen atoms in total. The van der Waals surface area contributed by atoms with Crippen molar-refractivity contribution in [3.8, 4) is 0 Å². The Morgan fingerprint density at radius 2 is 2.06 bits per heavy atom. The van der Waals surface area contributed by atoms with Crippen LogP contribution in [0.1, 0.15) is 83.1 Å². The van der Waals surface area contributed by atoms with E-state index in [0.717, 1.165) is 24.1 Å². The number of hydrogen-bond donors (Lipinski definition) is 2. The highest BCUT2D eigenvalue weighted by Gasteiger charge is 2.50. The molecule has 2 N–H and O–H groups in total. The number of hydrogen-bond acceptors (Lipinski definition) is 5. The zero-order valence-corrected chi connectivity index (χ0v) is 22.5. The van der Waals surface area contributed by atoms with E-state index in [1.54, 1.807) is 4.90 Å². The first-order chi connectivity index (χ1) is 17.2. The molecule has 1 aromatic heterocycles. The number of carbonyl (C=O) groups is 1. The summed E-state index contributed by atoms with van der Waals surface area (Å²) in [5.41, 5.74) is 3.90. The Hall–Kier alpha value is -2.25. The SMILES string of the molecule is C=C1C(=CC=C2CCC[C@]3(C)[C@@H]([C@H](C)Cn4cc(C(=O)N(CC)CC)nn4)CC[C@@H]23)C[C@H](O)C[C@H]1O. The molecule has 0 unspecified atom stereocenters. The van der Waals surface area contributed by atoms with Crippen molar-refractivity contribution in [3.05, 3.63) is 47.3 Å². The molecule has 1 aromatic rings. The van der Waals surface area contributed by atoms with Crippen LogP contribution in [-0.2, 0) is 6.54 Å². The molecule has 198 valence electrons. The molecule has 1 amide bonds. The lowest BCUT2D eigenvalue weighted by atomic mass is 9.61. The van der Waals surface area contributed by atoms with Crippen molar-refractivity contribution >= 4 is 5.91 Å². The Morgan fingerprint density at radius 3 is 2.78 bits per heavy atom. The average Bonchev–Trinajstić information content (AvgIpc) is 3.45. The van der Waals surface area contributed by atoms with Gasteiger partial charge >= 0.3 is 0 Å². The lowest BCUT2D eigenvalue weighted by Crippen LogP contribution is -2.37. The van der Waals surface area contributed by atoms with Gasteiger partial charge in [-0.25, -0.2) is 0 Å². The number of allylic oxidation sites excluding steroid dienone is 3. The standard InChI is InChI=1S/C29H44N4O3/c1-6-32(7-2)28(36)26-18-33(31-30-26)17-19(3)24-12-13-25-21(9-8-14-29(24,25)5)10-11-22-15-23(34)16-27(35)20(22)4/h10-11,18-19,23-25,27,34-35H,4,6-9,12-17H2,1-3,5H3/t19-,23+,24-,25+,27-,29-/m1/s1. The molecule has 0 bridgehead atoms. The molecule has 0 spiro atoms. The number of fused-ring (bicyclic) bond motifs is 1. The van der Waals surface area contributed by atoms with Gasteiger partial charge < -0.3 is 15.1 Å². The summed E-state index contributed by atoms with van der Waals surface area (Å²) in [6.07, 6.45) is 11.9. The molecular weight excluding hydrogens is 452 g/mol. The molecule has 36 heavy (non-hydrogen) atoms. The van der Waals surface area contributed by atoms with Gasteiger partial charge in [-0.3, -0.25) is 9.48 Å². The van der Waals surface area contributed by atoms with Crippen LogP contribution in [0.4, 0.5) is 0 Å². The molecule has 0 radical (unpaired) electrons. The van der Waals surface area contributed by atoms with E-state index < -0.39 is 12.2 Å². The summed E-state index contributed by atoms with van der Waals surface area (Å²) in [5.74, 6) is 1.51. The summed E-state index contributed by atoms with van der Waals surface area (Å²) in [4.78, 5) is 14.4. The van der Waals surface area contributed by atoms with Gasteiger partial charge in [-0.2, -0.15) is 0 Å². The molecule has 3 saturated carbocycles. The van der Waals surface area contributed by atoms with Crippen LogP contribution in [0.2, 0.25) is 0 Å². The summed E-state index contributed by atoms with van der Waals surface area (Å²) in [6.45, 7) is 14.9. The smallest absolute Gasteiger partial charge is 0.276 e. The van der Waals surface area contributed by atoms with Crippen molar-refractivity contribution in [1.82, 2.24) is 19.9 Å². The third kappa shape index (κ3) is 5.23. The molecule has 7 heteroatoms. The number of aliphatic hydroxyl groups excluding tert-OH is 2. The minimum absolute atomic E-state index is 0.0522. The highest BCUT2D eigenvalue weighted by Crippen LogP contribution is 2.59. The highest BCUT2D eigenvalue weighted by molar-refractivity contribution is 5.91. The number of carbonyl (C=O) groups excluding carboxylic acids is 1. The fourth-order valence-corrected chi connectivity index (χ4v) is 7.26. The normalized spacial score (nSPS) is 33.7. The zero-order chi connectivity index (χ0) is 26.0. The molecule has 1 heterocycles. The van der Waals surface area contributed by atoms with Crippen LogP contribution < -0.4 is 0 Å². The van der Waals surface area contributed by atoms with Crippen molar-refractivity contribution in [1.29, 1.82) is 0 Å². The third-order valence-corrected chi connectivity index (χ3v) is 9.27. The van der Waals surface area contributed by atoms with Gasteiger partial charge in [0.25, 0.3) is 5.91 Å². The monoisotopic (exact) mass is 496 g/mol. The van der Waals surface area contributed by atoms with Crippen molar-refractivity contribution in [2.24, 2.45) is 23.2 Å².